The first-order valence-corrected chi connectivity index (χ1v) is 20.2. The first-order valence-electron chi connectivity index (χ1n) is 20.2. The number of rotatable bonds is 10. The number of hydrogen-bond donors (Lipinski definition) is 0. The predicted molar refractivity (Wildman–Crippen MR) is 196 cm³/mol. The molecule has 0 N–H and O–H groups in total. The third-order valence-corrected chi connectivity index (χ3v) is 12.3. The maximum atomic E-state index is 15.1. The van der Waals surface area contributed by atoms with Gasteiger partial charge in [0.2, 0.25) is 5.60 Å². The van der Waals surface area contributed by atoms with E-state index in [2.05, 4.69) is 9.47 Å². The van der Waals surface area contributed by atoms with Gasteiger partial charge in [-0.2, -0.15) is 39.5 Å². The van der Waals surface area contributed by atoms with E-state index in [1.54, 1.807) is 27.7 Å². The highest BCUT2D eigenvalue weighted by atomic mass is 19.4. The summed E-state index contributed by atoms with van der Waals surface area (Å²) in [7, 11) is 0. The van der Waals surface area contributed by atoms with Crippen LogP contribution in [0.4, 0.5) is 49.1 Å². The van der Waals surface area contributed by atoms with Crippen molar-refractivity contribution in [3.05, 3.63) is 0 Å². The maximum absolute atomic E-state index is 15.1. The minimum atomic E-state index is -6.52. The molecule has 0 aromatic heterocycles. The molecule has 0 spiro atoms. The van der Waals surface area contributed by atoms with Crippen LogP contribution >= 0.6 is 0 Å². The second kappa shape index (κ2) is 16.9. The van der Waals surface area contributed by atoms with Gasteiger partial charge in [-0.1, -0.05) is 13.8 Å². The van der Waals surface area contributed by atoms with Crippen LogP contribution in [0.5, 0.6) is 0 Å². The molecular formula is C41H61F9O10. The third kappa shape index (κ3) is 11.3. The third-order valence-electron chi connectivity index (χ3n) is 12.3. The minimum Gasteiger partial charge on any atom is -0.462 e. The lowest BCUT2D eigenvalue weighted by molar-refractivity contribution is -0.392. The number of halogens is 9. The number of alkyl halides is 9. The van der Waals surface area contributed by atoms with Crippen LogP contribution in [0.15, 0.2) is 0 Å². The Morgan fingerprint density at radius 1 is 0.567 bits per heavy atom. The van der Waals surface area contributed by atoms with E-state index in [4.69, 9.17) is 18.9 Å². The predicted octanol–water partition coefficient (Wildman–Crippen LogP) is 11.5. The van der Waals surface area contributed by atoms with Crippen LogP contribution in [0, 0.1) is 46.8 Å². The van der Waals surface area contributed by atoms with Gasteiger partial charge in [0.1, 0.15) is 22.9 Å². The van der Waals surface area contributed by atoms with Gasteiger partial charge in [0.15, 0.2) is 0 Å². The SMILES string of the molecule is CCC(C)(CC1C2CC(C(=O)OC(C)(C)C)C(C2)C1C)C(=O)OC1CC(C(C)(OC(=O)OC(C)(C)C)C(F)(F)F)CC(C(OC(=O)OC(C)(C)C)(C(F)(F)F)C(F)(F)F)C1. The molecule has 3 saturated carbocycles. The van der Waals surface area contributed by atoms with Crippen molar-refractivity contribution in [3.63, 3.8) is 0 Å². The highest BCUT2D eigenvalue weighted by Crippen LogP contribution is 2.60. The van der Waals surface area contributed by atoms with Crippen molar-refractivity contribution in [2.45, 2.75) is 188 Å². The standard InChI is InChI=1S/C41H61F9O10/c1-14-36(12,20-28-21(2)26-15-22(28)16-27(26)29(51)56-33(3,4)5)30(52)55-25-18-23(37(13,39(42,43)44)59-31(53)57-34(6,7)8)17-24(19-25)38(40(45,46)47,41(48,49)50)60-32(54)58-35(9,10)11/h21-28H,14-20H2,1-13H3. The fraction of sp³-hybridized carbons (Fsp3) is 0.902. The zero-order valence-electron chi connectivity index (χ0n) is 36.6. The molecule has 3 aliphatic rings. The van der Waals surface area contributed by atoms with Crippen molar-refractivity contribution in [1.29, 1.82) is 0 Å². The summed E-state index contributed by atoms with van der Waals surface area (Å²) in [6, 6.07) is 0. The highest BCUT2D eigenvalue weighted by Gasteiger charge is 2.79. The van der Waals surface area contributed by atoms with Crippen LogP contribution < -0.4 is 0 Å². The maximum Gasteiger partial charge on any atom is 0.510 e. The molecule has 0 aromatic carbocycles. The van der Waals surface area contributed by atoms with E-state index in [1.807, 2.05) is 6.92 Å². The lowest BCUT2D eigenvalue weighted by Crippen LogP contribution is -2.67. The Morgan fingerprint density at radius 2 is 1.03 bits per heavy atom. The number of carbonyl (C=O) groups excluding carboxylic acids is 4. The van der Waals surface area contributed by atoms with Crippen LogP contribution in [0.3, 0.4) is 0 Å². The zero-order chi connectivity index (χ0) is 46.6. The molecule has 0 radical (unpaired) electrons. The van der Waals surface area contributed by atoms with Crippen LogP contribution in [0.1, 0.15) is 135 Å². The first kappa shape index (κ1) is 51.2. The summed E-state index contributed by atoms with van der Waals surface area (Å²) < 4.78 is 166. The van der Waals surface area contributed by atoms with Gasteiger partial charge in [-0.3, -0.25) is 9.59 Å². The van der Waals surface area contributed by atoms with Gasteiger partial charge >= 0.3 is 48.4 Å². The fourth-order valence-electron chi connectivity index (χ4n) is 9.16. The van der Waals surface area contributed by atoms with Crippen molar-refractivity contribution in [1.82, 2.24) is 0 Å². The molecule has 60 heavy (non-hydrogen) atoms. The Balaban J connectivity index is 2.10. The van der Waals surface area contributed by atoms with Crippen LogP contribution in [-0.4, -0.2) is 76.9 Å². The van der Waals surface area contributed by atoms with Crippen molar-refractivity contribution in [2.24, 2.45) is 46.8 Å². The van der Waals surface area contributed by atoms with Crippen LogP contribution in [0.2, 0.25) is 0 Å². The summed E-state index contributed by atoms with van der Waals surface area (Å²) in [6.07, 6.45) is -27.8. The number of fused-ring (bicyclic) bond motifs is 2. The molecule has 19 heteroatoms. The lowest BCUT2D eigenvalue weighted by Gasteiger charge is -2.49. The molecule has 3 aliphatic carbocycles. The van der Waals surface area contributed by atoms with Crippen molar-refractivity contribution in [3.8, 4) is 0 Å². The molecule has 3 rings (SSSR count). The minimum absolute atomic E-state index is 0.0358. The summed E-state index contributed by atoms with van der Waals surface area (Å²) in [5, 5.41) is 0. The molecule has 0 amide bonds. The van der Waals surface area contributed by atoms with Crippen molar-refractivity contribution >= 4 is 24.2 Å². The smallest absolute Gasteiger partial charge is 0.462 e. The second-order valence-corrected chi connectivity index (χ2v) is 20.3. The molecular weight excluding hydrogens is 823 g/mol. The molecule has 0 saturated heterocycles. The van der Waals surface area contributed by atoms with Crippen LogP contribution in [0.25, 0.3) is 0 Å². The van der Waals surface area contributed by atoms with Gasteiger partial charge in [0.05, 0.1) is 11.3 Å². The molecule has 10 atom stereocenters. The first-order chi connectivity index (χ1) is 26.7. The van der Waals surface area contributed by atoms with Gasteiger partial charge < -0.3 is 28.4 Å². The van der Waals surface area contributed by atoms with E-state index in [0.717, 1.165) is 20.8 Å². The largest absolute Gasteiger partial charge is 0.510 e. The summed E-state index contributed by atoms with van der Waals surface area (Å²) in [5.74, 6) is -7.74. The van der Waals surface area contributed by atoms with Gasteiger partial charge in [-0.15, -0.1) is 0 Å². The summed E-state index contributed by atoms with van der Waals surface area (Å²) in [4.78, 5) is 52.6. The zero-order valence-corrected chi connectivity index (χ0v) is 36.6. The average Bonchev–Trinajstić information content (AvgIpc) is 3.58. The Morgan fingerprint density at radius 3 is 1.45 bits per heavy atom. The topological polar surface area (TPSA) is 124 Å². The van der Waals surface area contributed by atoms with E-state index in [1.165, 1.54) is 27.7 Å². The molecule has 348 valence electrons. The number of ether oxygens (including phenoxy) is 6. The van der Waals surface area contributed by atoms with E-state index in [-0.39, 0.29) is 55.3 Å². The molecule has 10 nitrogen and oxygen atoms in total. The van der Waals surface area contributed by atoms with Gasteiger partial charge in [-0.05, 0) is 145 Å². The molecule has 0 aliphatic heterocycles. The normalized spacial score (nSPS) is 28.8. The number of esters is 2. The quantitative estimate of drug-likeness (QED) is 0.119. The van der Waals surface area contributed by atoms with Gasteiger partial charge in [0.25, 0.3) is 0 Å². The highest BCUT2D eigenvalue weighted by molar-refractivity contribution is 5.77. The lowest BCUT2D eigenvalue weighted by atomic mass is 9.65. The van der Waals surface area contributed by atoms with E-state index < -0.39 is 107 Å². The molecule has 3 fully saturated rings. The van der Waals surface area contributed by atoms with Gasteiger partial charge in [0, 0.05) is 11.8 Å². The molecule has 0 heterocycles. The molecule has 0 aromatic rings. The summed E-state index contributed by atoms with van der Waals surface area (Å²) in [6.45, 7) is 17.8. The summed E-state index contributed by atoms with van der Waals surface area (Å²) >= 11 is 0. The monoisotopic (exact) mass is 884 g/mol. The van der Waals surface area contributed by atoms with Crippen molar-refractivity contribution < 1.29 is 87.1 Å². The Hall–Kier alpha value is -3.15. The Bertz CT molecular complexity index is 1560. The van der Waals surface area contributed by atoms with E-state index in [9.17, 15) is 19.2 Å². The van der Waals surface area contributed by atoms with Crippen LogP contribution in [-0.2, 0) is 38.0 Å². The molecule has 2 bridgehead atoms. The molecule has 10 unspecified atom stereocenters. The van der Waals surface area contributed by atoms with E-state index >= 15 is 39.5 Å². The summed E-state index contributed by atoms with van der Waals surface area (Å²) in [5.41, 5.74) is -14.6. The second-order valence-electron chi connectivity index (χ2n) is 20.3. The number of hydrogen-bond acceptors (Lipinski definition) is 10. The van der Waals surface area contributed by atoms with Crippen molar-refractivity contribution in [2.75, 3.05) is 0 Å². The Labute approximate surface area is 345 Å². The fourth-order valence-corrected chi connectivity index (χ4v) is 9.16. The average molecular weight is 885 g/mol. The Kier molecular flexibility index (Phi) is 14.4. The van der Waals surface area contributed by atoms with E-state index in [0.29, 0.717) is 12.8 Å². The van der Waals surface area contributed by atoms with Gasteiger partial charge in [-0.25, -0.2) is 9.59 Å². The number of carbonyl (C=O) groups is 4.